The molecule has 2 atom stereocenters. The molecule has 1 aliphatic rings. The first-order valence-electron chi connectivity index (χ1n) is 7.65. The lowest BCUT2D eigenvalue weighted by molar-refractivity contribution is -0.140. The normalized spacial score (nSPS) is 19.5. The molecule has 1 aliphatic heterocycles. The largest absolute Gasteiger partial charge is 0.481 e. The number of carbonyl (C=O) groups is 3. The van der Waals surface area contributed by atoms with E-state index in [0.29, 0.717) is 5.69 Å². The highest BCUT2D eigenvalue weighted by molar-refractivity contribution is 6.01. The van der Waals surface area contributed by atoms with E-state index >= 15 is 0 Å². The fourth-order valence-corrected chi connectivity index (χ4v) is 2.72. The van der Waals surface area contributed by atoms with Crippen molar-refractivity contribution < 1.29 is 19.5 Å². The molecule has 0 radical (unpaired) electrons. The minimum Gasteiger partial charge on any atom is -0.481 e. The van der Waals surface area contributed by atoms with Gasteiger partial charge in [0.05, 0.1) is 12.3 Å². The highest BCUT2D eigenvalue weighted by atomic mass is 16.4. The topological polar surface area (TPSA) is 95.5 Å². The molecule has 3 N–H and O–H groups in total. The molecule has 0 aliphatic carbocycles. The lowest BCUT2D eigenvalue weighted by atomic mass is 9.83. The summed E-state index contributed by atoms with van der Waals surface area (Å²) < 4.78 is 0. The summed E-state index contributed by atoms with van der Waals surface area (Å²) in [5.41, 5.74) is 0.519. The molecule has 1 heterocycles. The molecular formula is C17H22N2O4. The Morgan fingerprint density at radius 3 is 2.65 bits per heavy atom. The zero-order valence-corrected chi connectivity index (χ0v) is 13.6. The molecule has 2 rings (SSSR count). The van der Waals surface area contributed by atoms with Gasteiger partial charge in [0.1, 0.15) is 0 Å². The Hall–Kier alpha value is -2.37. The van der Waals surface area contributed by atoms with Crippen LogP contribution < -0.4 is 10.6 Å². The Morgan fingerprint density at radius 1 is 1.39 bits per heavy atom. The number of para-hydroxylation sites is 1. The molecule has 2 unspecified atom stereocenters. The monoisotopic (exact) mass is 318 g/mol. The Morgan fingerprint density at radius 2 is 2.04 bits per heavy atom. The number of benzene rings is 1. The predicted molar refractivity (Wildman–Crippen MR) is 86.1 cm³/mol. The summed E-state index contributed by atoms with van der Waals surface area (Å²) in [6, 6.07) is 7.17. The molecular weight excluding hydrogens is 296 g/mol. The molecule has 0 spiro atoms. The molecule has 0 fully saturated rings. The van der Waals surface area contributed by atoms with Crippen molar-refractivity contribution in [2.45, 2.75) is 45.1 Å². The first kappa shape index (κ1) is 17.0. The Kier molecular flexibility index (Phi) is 4.73. The van der Waals surface area contributed by atoms with Crippen LogP contribution in [0, 0.1) is 5.92 Å². The van der Waals surface area contributed by atoms with E-state index in [0.717, 1.165) is 5.56 Å². The van der Waals surface area contributed by atoms with Crippen molar-refractivity contribution in [3.63, 3.8) is 0 Å². The average molecular weight is 318 g/mol. The molecule has 23 heavy (non-hydrogen) atoms. The van der Waals surface area contributed by atoms with Crippen molar-refractivity contribution in [1.29, 1.82) is 0 Å². The van der Waals surface area contributed by atoms with Gasteiger partial charge in [0.15, 0.2) is 0 Å². The van der Waals surface area contributed by atoms with Crippen LogP contribution >= 0.6 is 0 Å². The number of rotatable bonds is 5. The third kappa shape index (κ3) is 3.70. The highest BCUT2D eigenvalue weighted by Crippen LogP contribution is 2.33. The molecule has 0 aromatic heterocycles. The minimum atomic E-state index is -0.969. The second kappa shape index (κ2) is 6.40. The fraction of sp³-hybridized carbons (Fsp3) is 0.471. The van der Waals surface area contributed by atoms with Gasteiger partial charge in [-0.05, 0) is 24.5 Å². The third-order valence-corrected chi connectivity index (χ3v) is 4.52. The van der Waals surface area contributed by atoms with Crippen molar-refractivity contribution in [2.75, 3.05) is 5.32 Å². The van der Waals surface area contributed by atoms with E-state index in [-0.39, 0.29) is 30.6 Å². The van der Waals surface area contributed by atoms with Crippen LogP contribution in [0.15, 0.2) is 24.3 Å². The van der Waals surface area contributed by atoms with Crippen molar-refractivity contribution in [2.24, 2.45) is 5.92 Å². The Balaban J connectivity index is 2.26. The fourth-order valence-electron chi connectivity index (χ4n) is 2.72. The summed E-state index contributed by atoms with van der Waals surface area (Å²) in [6.07, 6.45) is -0.110. The van der Waals surface area contributed by atoms with Crippen LogP contribution in [0.3, 0.4) is 0 Å². The van der Waals surface area contributed by atoms with Crippen molar-refractivity contribution in [1.82, 2.24) is 5.32 Å². The summed E-state index contributed by atoms with van der Waals surface area (Å²) in [5, 5.41) is 14.7. The van der Waals surface area contributed by atoms with E-state index in [1.54, 1.807) is 19.1 Å². The second-order valence-electron chi connectivity index (χ2n) is 6.52. The SMILES string of the molecule is CC(C)C(C)(CC(=O)O)NC(=O)C1CC(=O)Nc2ccccc21. The maximum Gasteiger partial charge on any atom is 0.305 e. The Labute approximate surface area is 135 Å². The number of anilines is 1. The first-order valence-corrected chi connectivity index (χ1v) is 7.65. The molecule has 6 nitrogen and oxygen atoms in total. The van der Waals surface area contributed by atoms with Gasteiger partial charge in [-0.2, -0.15) is 0 Å². The smallest absolute Gasteiger partial charge is 0.305 e. The van der Waals surface area contributed by atoms with E-state index in [9.17, 15) is 14.4 Å². The zero-order valence-electron chi connectivity index (χ0n) is 13.6. The Bertz CT molecular complexity index is 641. The van der Waals surface area contributed by atoms with Gasteiger partial charge >= 0.3 is 5.97 Å². The summed E-state index contributed by atoms with van der Waals surface area (Å²) >= 11 is 0. The lowest BCUT2D eigenvalue weighted by Crippen LogP contribution is -2.53. The summed E-state index contributed by atoms with van der Waals surface area (Å²) in [7, 11) is 0. The number of amides is 2. The van der Waals surface area contributed by atoms with E-state index in [1.807, 2.05) is 26.0 Å². The summed E-state index contributed by atoms with van der Waals surface area (Å²) in [5.74, 6) is -2.16. The number of aliphatic carboxylic acids is 1. The number of carbonyl (C=O) groups excluding carboxylic acids is 2. The van der Waals surface area contributed by atoms with E-state index in [1.165, 1.54) is 0 Å². The van der Waals surface area contributed by atoms with Gasteiger partial charge in [-0.15, -0.1) is 0 Å². The molecule has 0 bridgehead atoms. The zero-order chi connectivity index (χ0) is 17.2. The van der Waals surface area contributed by atoms with Crippen molar-refractivity contribution >= 4 is 23.5 Å². The lowest BCUT2D eigenvalue weighted by Gasteiger charge is -2.36. The van der Waals surface area contributed by atoms with E-state index in [4.69, 9.17) is 5.11 Å². The maximum absolute atomic E-state index is 12.7. The van der Waals surface area contributed by atoms with Crippen LogP contribution in [-0.2, 0) is 14.4 Å². The third-order valence-electron chi connectivity index (χ3n) is 4.52. The first-order chi connectivity index (χ1) is 10.7. The van der Waals surface area contributed by atoms with Crippen LogP contribution in [0.5, 0.6) is 0 Å². The van der Waals surface area contributed by atoms with Crippen LogP contribution in [0.2, 0.25) is 0 Å². The molecule has 0 saturated heterocycles. The number of nitrogens with one attached hydrogen (secondary N) is 2. The van der Waals surface area contributed by atoms with Gasteiger partial charge in [-0.25, -0.2) is 0 Å². The minimum absolute atomic E-state index is 0.0596. The van der Waals surface area contributed by atoms with E-state index in [2.05, 4.69) is 10.6 Å². The molecule has 1 aromatic rings. The number of fused-ring (bicyclic) bond motifs is 1. The van der Waals surface area contributed by atoms with Gasteiger partial charge in [0.2, 0.25) is 11.8 Å². The molecule has 1 aromatic carbocycles. The molecule has 6 heteroatoms. The van der Waals surface area contributed by atoms with Gasteiger partial charge in [-0.3, -0.25) is 14.4 Å². The molecule has 0 saturated carbocycles. The van der Waals surface area contributed by atoms with Gasteiger partial charge in [0, 0.05) is 17.6 Å². The number of hydrogen-bond donors (Lipinski definition) is 3. The van der Waals surface area contributed by atoms with Crippen LogP contribution in [-0.4, -0.2) is 28.4 Å². The average Bonchev–Trinajstić information content (AvgIpc) is 2.45. The summed E-state index contributed by atoms with van der Waals surface area (Å²) in [6.45, 7) is 5.45. The van der Waals surface area contributed by atoms with Crippen molar-refractivity contribution in [3.8, 4) is 0 Å². The highest BCUT2D eigenvalue weighted by Gasteiger charge is 2.37. The summed E-state index contributed by atoms with van der Waals surface area (Å²) in [4.78, 5) is 35.7. The maximum atomic E-state index is 12.7. The van der Waals surface area contributed by atoms with Gasteiger partial charge in [-0.1, -0.05) is 32.0 Å². The molecule has 124 valence electrons. The van der Waals surface area contributed by atoms with Gasteiger partial charge < -0.3 is 15.7 Å². The second-order valence-corrected chi connectivity index (χ2v) is 6.52. The predicted octanol–water partition coefficient (Wildman–Crippen LogP) is 2.12. The van der Waals surface area contributed by atoms with Crippen LogP contribution in [0.25, 0.3) is 0 Å². The van der Waals surface area contributed by atoms with Crippen LogP contribution in [0.4, 0.5) is 5.69 Å². The van der Waals surface area contributed by atoms with E-state index < -0.39 is 17.4 Å². The quantitative estimate of drug-likeness (QED) is 0.775. The molecule has 2 amide bonds. The standard InChI is InChI=1S/C17H22N2O4/c1-10(2)17(3,9-15(21)22)19-16(23)12-8-14(20)18-13-7-5-4-6-11(12)13/h4-7,10,12H,8-9H2,1-3H3,(H,18,20)(H,19,23)(H,21,22). The van der Waals surface area contributed by atoms with Crippen molar-refractivity contribution in [3.05, 3.63) is 29.8 Å². The number of carboxylic acids is 1. The number of hydrogen-bond acceptors (Lipinski definition) is 3. The number of carboxylic acid groups (broad SMARTS) is 1. The van der Waals surface area contributed by atoms with Crippen LogP contribution in [0.1, 0.15) is 45.1 Å². The van der Waals surface area contributed by atoms with Gasteiger partial charge in [0.25, 0.3) is 0 Å².